The van der Waals surface area contributed by atoms with Crippen LogP contribution in [-0.4, -0.2) is 7.11 Å². The summed E-state index contributed by atoms with van der Waals surface area (Å²) in [6, 6.07) is 11.8. The highest BCUT2D eigenvalue weighted by atomic mass is 16.5. The lowest BCUT2D eigenvalue weighted by atomic mass is 9.92. The second-order valence-corrected chi connectivity index (χ2v) is 5.14. The Kier molecular flexibility index (Phi) is 3.50. The van der Waals surface area contributed by atoms with Crippen molar-refractivity contribution in [3.8, 4) is 17.2 Å². The Morgan fingerprint density at radius 2 is 1.60 bits per heavy atom. The van der Waals surface area contributed by atoms with Crippen molar-refractivity contribution in [1.82, 2.24) is 0 Å². The molecule has 0 atom stereocenters. The largest absolute Gasteiger partial charge is 0.494 e. The molecular formula is C17H19NO2. The summed E-state index contributed by atoms with van der Waals surface area (Å²) in [5, 5.41) is 0. The maximum atomic E-state index is 5.91. The van der Waals surface area contributed by atoms with Crippen molar-refractivity contribution >= 4 is 5.69 Å². The van der Waals surface area contributed by atoms with Crippen molar-refractivity contribution in [2.24, 2.45) is 0 Å². The van der Waals surface area contributed by atoms with Gasteiger partial charge >= 0.3 is 0 Å². The zero-order valence-electron chi connectivity index (χ0n) is 11.7. The first-order chi connectivity index (χ1) is 9.76. The van der Waals surface area contributed by atoms with Gasteiger partial charge in [-0.05, 0) is 61.1 Å². The van der Waals surface area contributed by atoms with Crippen LogP contribution in [0.4, 0.5) is 5.69 Å². The molecule has 0 bridgehead atoms. The number of anilines is 1. The average molecular weight is 269 g/mol. The van der Waals surface area contributed by atoms with E-state index in [4.69, 9.17) is 15.2 Å². The molecule has 3 nitrogen and oxygen atoms in total. The number of hydrogen-bond acceptors (Lipinski definition) is 3. The maximum Gasteiger partial charge on any atom is 0.145 e. The first-order valence-electron chi connectivity index (χ1n) is 6.99. The minimum absolute atomic E-state index is 0.616. The van der Waals surface area contributed by atoms with E-state index in [1.54, 1.807) is 13.2 Å². The van der Waals surface area contributed by atoms with E-state index in [-0.39, 0.29) is 0 Å². The van der Waals surface area contributed by atoms with Gasteiger partial charge in [0.05, 0.1) is 12.8 Å². The number of rotatable bonds is 3. The van der Waals surface area contributed by atoms with Crippen molar-refractivity contribution in [2.45, 2.75) is 25.7 Å². The van der Waals surface area contributed by atoms with Gasteiger partial charge in [-0.1, -0.05) is 6.07 Å². The Labute approximate surface area is 119 Å². The van der Waals surface area contributed by atoms with Crippen molar-refractivity contribution in [2.75, 3.05) is 12.8 Å². The molecule has 0 spiro atoms. The van der Waals surface area contributed by atoms with Crippen LogP contribution in [0.25, 0.3) is 0 Å². The molecule has 0 heterocycles. The lowest BCUT2D eigenvalue weighted by Crippen LogP contribution is -2.02. The number of aryl methyl sites for hydroxylation is 2. The molecule has 2 aromatic rings. The van der Waals surface area contributed by atoms with Crippen LogP contribution in [0.5, 0.6) is 17.2 Å². The first-order valence-corrected chi connectivity index (χ1v) is 6.99. The molecule has 2 aromatic carbocycles. The van der Waals surface area contributed by atoms with Crippen molar-refractivity contribution in [3.05, 3.63) is 47.5 Å². The van der Waals surface area contributed by atoms with Gasteiger partial charge in [0.15, 0.2) is 0 Å². The number of nitrogens with two attached hydrogens (primary N) is 1. The molecule has 104 valence electrons. The van der Waals surface area contributed by atoms with Crippen molar-refractivity contribution in [3.63, 3.8) is 0 Å². The topological polar surface area (TPSA) is 44.5 Å². The van der Waals surface area contributed by atoms with Gasteiger partial charge in [0.2, 0.25) is 0 Å². The first kappa shape index (κ1) is 12.9. The molecule has 0 aromatic heterocycles. The number of nitrogen functional groups attached to an aromatic ring is 1. The van der Waals surface area contributed by atoms with Gasteiger partial charge in [0.25, 0.3) is 0 Å². The number of ether oxygens (including phenoxy) is 2. The molecule has 1 aliphatic rings. The number of fused-ring (bicyclic) bond motifs is 1. The van der Waals surface area contributed by atoms with Gasteiger partial charge in [-0.2, -0.15) is 0 Å². The molecule has 20 heavy (non-hydrogen) atoms. The van der Waals surface area contributed by atoms with Gasteiger partial charge in [-0.15, -0.1) is 0 Å². The fourth-order valence-corrected chi connectivity index (χ4v) is 2.66. The van der Waals surface area contributed by atoms with E-state index in [0.29, 0.717) is 11.4 Å². The molecule has 3 heteroatoms. The summed E-state index contributed by atoms with van der Waals surface area (Å²) in [6.07, 6.45) is 4.90. The van der Waals surface area contributed by atoms with Crippen molar-refractivity contribution < 1.29 is 9.47 Å². The highest BCUT2D eigenvalue weighted by Gasteiger charge is 2.10. The Bertz CT molecular complexity index is 622. The molecule has 0 fully saturated rings. The third-order valence-corrected chi connectivity index (χ3v) is 3.76. The summed E-state index contributed by atoms with van der Waals surface area (Å²) in [5.74, 6) is 2.25. The lowest BCUT2D eigenvalue weighted by Gasteiger charge is -2.17. The summed E-state index contributed by atoms with van der Waals surface area (Å²) < 4.78 is 11.1. The summed E-state index contributed by atoms with van der Waals surface area (Å²) in [6.45, 7) is 0. The van der Waals surface area contributed by atoms with Crippen LogP contribution in [0, 0.1) is 0 Å². The predicted molar refractivity (Wildman–Crippen MR) is 80.6 cm³/mol. The molecule has 0 unspecified atom stereocenters. The number of benzene rings is 2. The van der Waals surface area contributed by atoms with E-state index in [9.17, 15) is 0 Å². The molecule has 0 radical (unpaired) electrons. The van der Waals surface area contributed by atoms with Crippen LogP contribution >= 0.6 is 0 Å². The number of hydrogen-bond donors (Lipinski definition) is 1. The van der Waals surface area contributed by atoms with E-state index in [0.717, 1.165) is 17.9 Å². The Morgan fingerprint density at radius 3 is 2.40 bits per heavy atom. The zero-order valence-corrected chi connectivity index (χ0v) is 11.7. The molecule has 2 N–H and O–H groups in total. The molecule has 3 rings (SSSR count). The van der Waals surface area contributed by atoms with E-state index >= 15 is 0 Å². The smallest absolute Gasteiger partial charge is 0.145 e. The summed E-state index contributed by atoms with van der Waals surface area (Å²) in [7, 11) is 1.61. The van der Waals surface area contributed by atoms with Gasteiger partial charge < -0.3 is 15.2 Å². The second-order valence-electron chi connectivity index (χ2n) is 5.14. The van der Waals surface area contributed by atoms with E-state index in [2.05, 4.69) is 12.1 Å². The van der Waals surface area contributed by atoms with Crippen LogP contribution in [0.2, 0.25) is 0 Å². The molecule has 0 saturated carbocycles. The summed E-state index contributed by atoms with van der Waals surface area (Å²) >= 11 is 0. The fraction of sp³-hybridized carbons (Fsp3) is 0.294. The Morgan fingerprint density at radius 1 is 0.900 bits per heavy atom. The number of methoxy groups -OCH3 is 1. The summed E-state index contributed by atoms with van der Waals surface area (Å²) in [5.41, 5.74) is 9.29. The average Bonchev–Trinajstić information content (AvgIpc) is 2.49. The van der Waals surface area contributed by atoms with Crippen molar-refractivity contribution in [1.29, 1.82) is 0 Å². The van der Waals surface area contributed by atoms with Crippen LogP contribution in [0.1, 0.15) is 24.0 Å². The fourth-order valence-electron chi connectivity index (χ4n) is 2.66. The molecule has 0 saturated heterocycles. The standard InChI is InChI=1S/C17H19NO2/c1-19-17-11-15(8-9-16(17)18)20-14-7-6-12-4-2-3-5-13(12)10-14/h6-11H,2-5,18H2,1H3. The van der Waals surface area contributed by atoms with Crippen LogP contribution < -0.4 is 15.2 Å². The van der Waals surface area contributed by atoms with E-state index < -0.39 is 0 Å². The highest BCUT2D eigenvalue weighted by molar-refractivity contribution is 5.56. The normalized spacial score (nSPS) is 13.7. The SMILES string of the molecule is COc1cc(Oc2ccc3c(c2)CCCC3)ccc1N. The molecule has 0 aliphatic heterocycles. The Hall–Kier alpha value is -2.16. The zero-order chi connectivity index (χ0) is 13.9. The minimum atomic E-state index is 0.616. The summed E-state index contributed by atoms with van der Waals surface area (Å²) in [4.78, 5) is 0. The van der Waals surface area contributed by atoms with Gasteiger partial charge in [0.1, 0.15) is 17.2 Å². The Balaban J connectivity index is 1.84. The van der Waals surface area contributed by atoms with Crippen LogP contribution in [0.3, 0.4) is 0 Å². The monoisotopic (exact) mass is 269 g/mol. The van der Waals surface area contributed by atoms with Crippen LogP contribution in [0.15, 0.2) is 36.4 Å². The van der Waals surface area contributed by atoms with Gasteiger partial charge in [-0.3, -0.25) is 0 Å². The van der Waals surface area contributed by atoms with Gasteiger partial charge in [-0.25, -0.2) is 0 Å². The molecule has 0 amide bonds. The van der Waals surface area contributed by atoms with E-state index in [1.807, 2.05) is 18.2 Å². The molecule has 1 aliphatic carbocycles. The third-order valence-electron chi connectivity index (χ3n) is 3.76. The second kappa shape index (κ2) is 5.45. The predicted octanol–water partition coefficient (Wildman–Crippen LogP) is 3.95. The third kappa shape index (κ3) is 2.57. The quantitative estimate of drug-likeness (QED) is 0.858. The van der Waals surface area contributed by atoms with Crippen LogP contribution in [-0.2, 0) is 12.8 Å². The molecular weight excluding hydrogens is 250 g/mol. The van der Waals surface area contributed by atoms with Gasteiger partial charge in [0, 0.05) is 6.07 Å². The minimum Gasteiger partial charge on any atom is -0.494 e. The highest BCUT2D eigenvalue weighted by Crippen LogP contribution is 2.31. The maximum absolute atomic E-state index is 5.91. The van der Waals surface area contributed by atoms with E-state index in [1.165, 1.54) is 30.4 Å². The lowest BCUT2D eigenvalue weighted by molar-refractivity contribution is 0.411.